The molecule has 0 saturated heterocycles. The van der Waals surface area contributed by atoms with Crippen LogP contribution in [-0.2, 0) is 4.74 Å². The second-order valence-corrected chi connectivity index (χ2v) is 5.76. The van der Waals surface area contributed by atoms with Crippen molar-refractivity contribution in [3.63, 3.8) is 0 Å². The summed E-state index contributed by atoms with van der Waals surface area (Å²) in [7, 11) is 1.20. The van der Waals surface area contributed by atoms with E-state index >= 15 is 0 Å². The molecule has 1 N–H and O–H groups in total. The van der Waals surface area contributed by atoms with E-state index in [0.29, 0.717) is 5.56 Å². The fourth-order valence-electron chi connectivity index (χ4n) is 2.60. The number of esters is 1. The number of nitro benzene ring substituents is 1. The average molecular weight is 393 g/mol. The van der Waals surface area contributed by atoms with Crippen LogP contribution in [-0.4, -0.2) is 30.3 Å². The quantitative estimate of drug-likeness (QED) is 0.232. The highest BCUT2D eigenvalue weighted by atomic mass is 16.6. The first-order valence-electron chi connectivity index (χ1n) is 8.35. The predicted molar refractivity (Wildman–Crippen MR) is 105 cm³/mol. The number of nitrogens with zero attached hydrogens (tertiary/aromatic N) is 2. The molecule has 0 aliphatic heterocycles. The molecule has 0 spiro atoms. The Morgan fingerprint density at radius 1 is 1.10 bits per heavy atom. The van der Waals surface area contributed by atoms with Crippen LogP contribution >= 0.6 is 0 Å². The molecule has 3 aromatic rings. The van der Waals surface area contributed by atoms with Crippen molar-refractivity contribution < 1.29 is 24.0 Å². The van der Waals surface area contributed by atoms with Crippen molar-refractivity contribution in [2.24, 2.45) is 5.10 Å². The van der Waals surface area contributed by atoms with E-state index in [1.54, 1.807) is 24.3 Å². The summed E-state index contributed by atoms with van der Waals surface area (Å²) >= 11 is 0. The van der Waals surface area contributed by atoms with Crippen LogP contribution in [0.25, 0.3) is 10.8 Å². The second-order valence-electron chi connectivity index (χ2n) is 5.76. The molecule has 0 aliphatic rings. The Labute approximate surface area is 164 Å². The molecule has 0 unspecified atom stereocenters. The van der Waals surface area contributed by atoms with E-state index in [0.717, 1.165) is 16.8 Å². The predicted octanol–water partition coefficient (Wildman–Crippen LogP) is 3.66. The SMILES string of the molecule is COC(=O)N/N=C\c1c(OC(=O)c2cccc([N+](=O)[O-])c2)ccc2ccccc12. The number of non-ortho nitro benzene ring substituents is 1. The maximum absolute atomic E-state index is 12.5. The van der Waals surface area contributed by atoms with E-state index in [4.69, 9.17) is 4.74 Å². The van der Waals surface area contributed by atoms with Gasteiger partial charge in [0.2, 0.25) is 0 Å². The van der Waals surface area contributed by atoms with Gasteiger partial charge in [-0.1, -0.05) is 36.4 Å². The number of nitrogens with one attached hydrogen (secondary N) is 1. The number of amides is 1. The summed E-state index contributed by atoms with van der Waals surface area (Å²) in [5.74, 6) is -0.588. The number of carbonyl (C=O) groups excluding carboxylic acids is 2. The molecule has 0 fully saturated rings. The van der Waals surface area contributed by atoms with Gasteiger partial charge in [0.15, 0.2) is 0 Å². The van der Waals surface area contributed by atoms with Crippen LogP contribution < -0.4 is 10.2 Å². The van der Waals surface area contributed by atoms with Crippen LogP contribution in [0.4, 0.5) is 10.5 Å². The minimum Gasteiger partial charge on any atom is -0.452 e. The fourth-order valence-corrected chi connectivity index (χ4v) is 2.60. The summed E-state index contributed by atoms with van der Waals surface area (Å²) in [6.07, 6.45) is 0.576. The maximum Gasteiger partial charge on any atom is 0.427 e. The molecule has 146 valence electrons. The number of hydrazone groups is 1. The highest BCUT2D eigenvalue weighted by Crippen LogP contribution is 2.27. The summed E-state index contributed by atoms with van der Waals surface area (Å²) in [5, 5.41) is 16.3. The van der Waals surface area contributed by atoms with Gasteiger partial charge >= 0.3 is 12.1 Å². The molecule has 3 aromatic carbocycles. The first kappa shape index (κ1) is 19.5. The highest BCUT2D eigenvalue weighted by molar-refractivity contribution is 6.04. The smallest absolute Gasteiger partial charge is 0.427 e. The molecule has 0 bridgehead atoms. The molecule has 29 heavy (non-hydrogen) atoms. The van der Waals surface area contributed by atoms with Gasteiger partial charge in [0.05, 0.1) is 23.8 Å². The number of carbonyl (C=O) groups is 2. The fraction of sp³-hybridized carbons (Fsp3) is 0.0500. The van der Waals surface area contributed by atoms with Crippen molar-refractivity contribution >= 4 is 34.7 Å². The lowest BCUT2D eigenvalue weighted by molar-refractivity contribution is -0.384. The van der Waals surface area contributed by atoms with Gasteiger partial charge in [-0.05, 0) is 22.9 Å². The third-order valence-corrected chi connectivity index (χ3v) is 3.96. The van der Waals surface area contributed by atoms with Gasteiger partial charge in [0.25, 0.3) is 5.69 Å². The van der Waals surface area contributed by atoms with Crippen LogP contribution in [0.15, 0.2) is 65.8 Å². The molecule has 0 radical (unpaired) electrons. The van der Waals surface area contributed by atoms with Crippen LogP contribution in [0.3, 0.4) is 0 Å². The Balaban J connectivity index is 1.97. The standard InChI is InChI=1S/C20H15N3O6/c1-28-20(25)22-21-12-17-16-8-3-2-5-13(16)9-10-18(17)29-19(24)14-6-4-7-15(11-14)23(26)27/h2-12H,1H3,(H,22,25)/b21-12-. The van der Waals surface area contributed by atoms with Gasteiger partial charge in [0.1, 0.15) is 5.75 Å². The Morgan fingerprint density at radius 2 is 1.90 bits per heavy atom. The molecule has 0 saturated carbocycles. The van der Waals surface area contributed by atoms with Gasteiger partial charge in [-0.3, -0.25) is 10.1 Å². The Kier molecular flexibility index (Phi) is 5.79. The van der Waals surface area contributed by atoms with Crippen LogP contribution in [0.2, 0.25) is 0 Å². The summed E-state index contributed by atoms with van der Waals surface area (Å²) in [4.78, 5) is 34.1. The van der Waals surface area contributed by atoms with Crippen LogP contribution in [0, 0.1) is 10.1 Å². The minimum atomic E-state index is -0.764. The lowest BCUT2D eigenvalue weighted by Gasteiger charge is -2.10. The monoisotopic (exact) mass is 393 g/mol. The molecular weight excluding hydrogens is 378 g/mol. The molecule has 0 aliphatic carbocycles. The van der Waals surface area contributed by atoms with E-state index in [1.165, 1.54) is 31.5 Å². The van der Waals surface area contributed by atoms with E-state index in [-0.39, 0.29) is 17.0 Å². The Hall–Kier alpha value is -4.27. The third-order valence-electron chi connectivity index (χ3n) is 3.96. The number of ether oxygens (including phenoxy) is 2. The molecule has 9 heteroatoms. The summed E-state index contributed by atoms with van der Waals surface area (Å²) in [5.41, 5.74) is 2.42. The first-order valence-corrected chi connectivity index (χ1v) is 8.35. The topological polar surface area (TPSA) is 120 Å². The minimum absolute atomic E-state index is 0.0305. The van der Waals surface area contributed by atoms with Crippen LogP contribution in [0.5, 0.6) is 5.75 Å². The molecular formula is C20H15N3O6. The zero-order chi connectivity index (χ0) is 20.8. The molecule has 1 amide bonds. The second kappa shape index (κ2) is 8.61. The number of nitro groups is 1. The van der Waals surface area contributed by atoms with Gasteiger partial charge in [-0.2, -0.15) is 5.10 Å². The van der Waals surface area contributed by atoms with E-state index in [1.807, 2.05) is 12.1 Å². The number of hydrogen-bond donors (Lipinski definition) is 1. The number of rotatable bonds is 5. The highest BCUT2D eigenvalue weighted by Gasteiger charge is 2.16. The van der Waals surface area contributed by atoms with Crippen molar-refractivity contribution in [3.05, 3.63) is 81.9 Å². The average Bonchev–Trinajstić information content (AvgIpc) is 2.74. The van der Waals surface area contributed by atoms with Gasteiger partial charge in [0, 0.05) is 17.7 Å². The van der Waals surface area contributed by atoms with Gasteiger partial charge < -0.3 is 9.47 Å². The van der Waals surface area contributed by atoms with Crippen molar-refractivity contribution in [2.45, 2.75) is 0 Å². The van der Waals surface area contributed by atoms with E-state index in [2.05, 4.69) is 15.3 Å². The van der Waals surface area contributed by atoms with E-state index in [9.17, 15) is 19.7 Å². The number of methoxy groups -OCH3 is 1. The summed E-state index contributed by atoms with van der Waals surface area (Å²) < 4.78 is 9.92. The van der Waals surface area contributed by atoms with Crippen LogP contribution in [0.1, 0.15) is 15.9 Å². The van der Waals surface area contributed by atoms with Crippen molar-refractivity contribution in [2.75, 3.05) is 7.11 Å². The molecule has 0 heterocycles. The lowest BCUT2D eigenvalue weighted by atomic mass is 10.0. The van der Waals surface area contributed by atoms with Crippen molar-refractivity contribution in [1.29, 1.82) is 0 Å². The largest absolute Gasteiger partial charge is 0.452 e. The van der Waals surface area contributed by atoms with E-state index < -0.39 is 17.0 Å². The molecule has 0 aromatic heterocycles. The lowest BCUT2D eigenvalue weighted by Crippen LogP contribution is -2.17. The molecule has 9 nitrogen and oxygen atoms in total. The summed E-state index contributed by atoms with van der Waals surface area (Å²) in [6.45, 7) is 0. The number of hydrogen-bond acceptors (Lipinski definition) is 7. The molecule has 3 rings (SSSR count). The first-order chi connectivity index (χ1) is 14.0. The van der Waals surface area contributed by atoms with Gasteiger partial charge in [-0.15, -0.1) is 0 Å². The van der Waals surface area contributed by atoms with Crippen molar-refractivity contribution in [3.8, 4) is 5.75 Å². The normalized spacial score (nSPS) is 10.7. The Morgan fingerprint density at radius 3 is 2.66 bits per heavy atom. The maximum atomic E-state index is 12.5. The summed E-state index contributed by atoms with van der Waals surface area (Å²) in [6, 6.07) is 15.9. The third kappa shape index (κ3) is 4.53. The van der Waals surface area contributed by atoms with Gasteiger partial charge in [-0.25, -0.2) is 15.0 Å². The van der Waals surface area contributed by atoms with Crippen molar-refractivity contribution in [1.82, 2.24) is 5.43 Å². The number of benzene rings is 3. The number of fused-ring (bicyclic) bond motifs is 1. The zero-order valence-electron chi connectivity index (χ0n) is 15.2. The molecule has 0 atom stereocenters. The zero-order valence-corrected chi connectivity index (χ0v) is 15.2. The Bertz CT molecular complexity index is 1130.